The van der Waals surface area contributed by atoms with E-state index < -0.39 is 0 Å². The molecule has 0 aromatic carbocycles. The Morgan fingerprint density at radius 2 is 2.05 bits per heavy atom. The molecule has 0 unspecified atom stereocenters. The molecule has 0 bridgehead atoms. The number of amides is 1. The van der Waals surface area contributed by atoms with Crippen LogP contribution in [0.5, 0.6) is 0 Å². The number of carbonyl (C=O) groups is 1. The van der Waals surface area contributed by atoms with Crippen LogP contribution in [0.15, 0.2) is 12.1 Å². The van der Waals surface area contributed by atoms with Gasteiger partial charge in [0.1, 0.15) is 5.82 Å². The van der Waals surface area contributed by atoms with E-state index in [-0.39, 0.29) is 5.91 Å². The van der Waals surface area contributed by atoms with Crippen LogP contribution < -0.4 is 10.6 Å². The van der Waals surface area contributed by atoms with Crippen LogP contribution in [0.1, 0.15) is 42.2 Å². The first-order valence-corrected chi connectivity index (χ1v) is 7.92. The summed E-state index contributed by atoms with van der Waals surface area (Å²) in [4.78, 5) is 19.1. The quantitative estimate of drug-likeness (QED) is 0.840. The van der Waals surface area contributed by atoms with Gasteiger partial charge in [-0.25, -0.2) is 4.98 Å². The lowest BCUT2D eigenvalue weighted by Crippen LogP contribution is -2.37. The molecular weight excluding hydrogens is 264 g/mol. The van der Waals surface area contributed by atoms with Crippen molar-refractivity contribution in [2.75, 3.05) is 38.5 Å². The van der Waals surface area contributed by atoms with Crippen LogP contribution in [0.3, 0.4) is 0 Å². The molecule has 5 nitrogen and oxygen atoms in total. The number of aromatic nitrogens is 1. The second-order valence-corrected chi connectivity index (χ2v) is 5.49. The van der Waals surface area contributed by atoms with Gasteiger partial charge in [0, 0.05) is 31.4 Å². The largest absolute Gasteiger partial charge is 0.373 e. The zero-order valence-corrected chi connectivity index (χ0v) is 13.1. The van der Waals surface area contributed by atoms with Crippen molar-refractivity contribution in [3.05, 3.63) is 23.4 Å². The SMILES string of the molecule is CCc1cc(C(=O)NCCN2CCCCC2)cc(NC)n1. The van der Waals surface area contributed by atoms with E-state index in [1.54, 1.807) is 6.07 Å². The Balaban J connectivity index is 1.87. The van der Waals surface area contributed by atoms with Crippen LogP contribution in [-0.4, -0.2) is 49.0 Å². The van der Waals surface area contributed by atoms with Crippen molar-refractivity contribution in [2.45, 2.75) is 32.6 Å². The fraction of sp³-hybridized carbons (Fsp3) is 0.625. The van der Waals surface area contributed by atoms with Gasteiger partial charge in [0.2, 0.25) is 0 Å². The average molecular weight is 290 g/mol. The normalized spacial score (nSPS) is 15.7. The Kier molecular flexibility index (Phi) is 5.99. The molecule has 0 atom stereocenters. The smallest absolute Gasteiger partial charge is 0.251 e. The van der Waals surface area contributed by atoms with Crippen LogP contribution in [0.25, 0.3) is 0 Å². The molecule has 5 heteroatoms. The lowest BCUT2D eigenvalue weighted by molar-refractivity contribution is 0.0946. The fourth-order valence-corrected chi connectivity index (χ4v) is 2.64. The molecule has 116 valence electrons. The minimum absolute atomic E-state index is 0.0133. The number of nitrogens with one attached hydrogen (secondary N) is 2. The topological polar surface area (TPSA) is 57.3 Å². The highest BCUT2D eigenvalue weighted by Gasteiger charge is 2.12. The van der Waals surface area contributed by atoms with Gasteiger partial charge in [-0.2, -0.15) is 0 Å². The summed E-state index contributed by atoms with van der Waals surface area (Å²) >= 11 is 0. The zero-order valence-electron chi connectivity index (χ0n) is 13.1. The van der Waals surface area contributed by atoms with Gasteiger partial charge >= 0.3 is 0 Å². The number of carbonyl (C=O) groups excluding carboxylic acids is 1. The molecule has 2 rings (SSSR count). The summed E-state index contributed by atoms with van der Waals surface area (Å²) in [7, 11) is 1.82. The van der Waals surface area contributed by atoms with Crippen LogP contribution in [0.2, 0.25) is 0 Å². The second-order valence-electron chi connectivity index (χ2n) is 5.49. The molecule has 21 heavy (non-hydrogen) atoms. The Morgan fingerprint density at radius 1 is 1.29 bits per heavy atom. The maximum absolute atomic E-state index is 12.2. The number of likely N-dealkylation sites (tertiary alicyclic amines) is 1. The summed E-state index contributed by atoms with van der Waals surface area (Å²) < 4.78 is 0. The summed E-state index contributed by atoms with van der Waals surface area (Å²) in [5.41, 5.74) is 1.62. The molecule has 0 radical (unpaired) electrons. The molecule has 1 aromatic heterocycles. The lowest BCUT2D eigenvalue weighted by Gasteiger charge is -2.26. The molecule has 1 amide bonds. The van der Waals surface area contributed by atoms with E-state index in [4.69, 9.17) is 0 Å². The van der Waals surface area contributed by atoms with Crippen molar-refractivity contribution < 1.29 is 4.79 Å². The maximum Gasteiger partial charge on any atom is 0.251 e. The number of aryl methyl sites for hydroxylation is 1. The van der Waals surface area contributed by atoms with Gasteiger partial charge in [0.25, 0.3) is 5.91 Å². The second kappa shape index (κ2) is 7.98. The van der Waals surface area contributed by atoms with E-state index in [2.05, 4.69) is 20.5 Å². The Morgan fingerprint density at radius 3 is 2.71 bits per heavy atom. The number of rotatable bonds is 6. The van der Waals surface area contributed by atoms with E-state index >= 15 is 0 Å². The molecule has 2 N–H and O–H groups in total. The maximum atomic E-state index is 12.2. The Labute approximate surface area is 127 Å². The highest BCUT2D eigenvalue weighted by molar-refractivity contribution is 5.95. The van der Waals surface area contributed by atoms with Gasteiger partial charge in [-0.15, -0.1) is 0 Å². The average Bonchev–Trinajstić information content (AvgIpc) is 2.55. The molecule has 2 heterocycles. The summed E-state index contributed by atoms with van der Waals surface area (Å²) in [6, 6.07) is 3.67. The summed E-state index contributed by atoms with van der Waals surface area (Å²) in [6.45, 7) is 6.01. The number of anilines is 1. The molecule has 1 aliphatic rings. The van der Waals surface area contributed by atoms with Crippen molar-refractivity contribution in [1.82, 2.24) is 15.2 Å². The van der Waals surface area contributed by atoms with Crippen LogP contribution in [-0.2, 0) is 6.42 Å². The van der Waals surface area contributed by atoms with Gasteiger partial charge in [0.15, 0.2) is 0 Å². The number of nitrogens with zero attached hydrogens (tertiary/aromatic N) is 2. The third-order valence-corrected chi connectivity index (χ3v) is 3.92. The molecule has 0 saturated carbocycles. The van der Waals surface area contributed by atoms with E-state index in [1.807, 2.05) is 20.0 Å². The number of hydrogen-bond donors (Lipinski definition) is 2. The lowest BCUT2D eigenvalue weighted by atomic mass is 10.1. The Bertz CT molecular complexity index is 447. The third kappa shape index (κ3) is 4.70. The van der Waals surface area contributed by atoms with E-state index in [0.717, 1.165) is 37.6 Å². The highest BCUT2D eigenvalue weighted by Crippen LogP contribution is 2.11. The molecule has 0 spiro atoms. The standard InChI is InChI=1S/C16H26N4O/c1-3-14-11-13(12-15(17-2)19-14)16(21)18-7-10-20-8-5-4-6-9-20/h11-12H,3-10H2,1-2H3,(H,17,19)(H,18,21). The highest BCUT2D eigenvalue weighted by atomic mass is 16.1. The summed E-state index contributed by atoms with van der Waals surface area (Å²) in [5, 5.41) is 6.02. The molecule has 0 aliphatic carbocycles. The summed E-state index contributed by atoms with van der Waals surface area (Å²) in [5.74, 6) is 0.733. The third-order valence-electron chi connectivity index (χ3n) is 3.92. The first-order valence-electron chi connectivity index (χ1n) is 7.92. The van der Waals surface area contributed by atoms with Crippen molar-refractivity contribution in [2.24, 2.45) is 0 Å². The zero-order chi connectivity index (χ0) is 15.1. The van der Waals surface area contributed by atoms with Gasteiger partial charge < -0.3 is 15.5 Å². The van der Waals surface area contributed by atoms with E-state index in [9.17, 15) is 4.79 Å². The van der Waals surface area contributed by atoms with Crippen LogP contribution in [0.4, 0.5) is 5.82 Å². The predicted octanol–water partition coefficient (Wildman–Crippen LogP) is 1.90. The van der Waals surface area contributed by atoms with Gasteiger partial charge in [0.05, 0.1) is 0 Å². The van der Waals surface area contributed by atoms with Crippen LogP contribution >= 0.6 is 0 Å². The van der Waals surface area contributed by atoms with Crippen molar-refractivity contribution in [1.29, 1.82) is 0 Å². The number of hydrogen-bond acceptors (Lipinski definition) is 4. The van der Waals surface area contributed by atoms with Crippen molar-refractivity contribution >= 4 is 11.7 Å². The Hall–Kier alpha value is -1.62. The minimum atomic E-state index is -0.0133. The molecule has 1 saturated heterocycles. The molecule has 1 aliphatic heterocycles. The van der Waals surface area contributed by atoms with Gasteiger partial charge in [-0.3, -0.25) is 4.79 Å². The first-order chi connectivity index (χ1) is 10.2. The van der Waals surface area contributed by atoms with E-state index in [1.165, 1.54) is 19.3 Å². The fourth-order valence-electron chi connectivity index (χ4n) is 2.64. The van der Waals surface area contributed by atoms with E-state index in [0.29, 0.717) is 12.1 Å². The van der Waals surface area contributed by atoms with Crippen LogP contribution in [0, 0.1) is 0 Å². The van der Waals surface area contributed by atoms with Gasteiger partial charge in [-0.1, -0.05) is 13.3 Å². The minimum Gasteiger partial charge on any atom is -0.373 e. The summed E-state index contributed by atoms with van der Waals surface area (Å²) in [6.07, 6.45) is 4.73. The monoisotopic (exact) mass is 290 g/mol. The van der Waals surface area contributed by atoms with Crippen molar-refractivity contribution in [3.63, 3.8) is 0 Å². The van der Waals surface area contributed by atoms with Gasteiger partial charge in [-0.05, 0) is 44.5 Å². The number of piperidine rings is 1. The predicted molar refractivity (Wildman–Crippen MR) is 85.8 cm³/mol. The molecule has 1 aromatic rings. The number of pyridine rings is 1. The molecule has 1 fully saturated rings. The molecular formula is C16H26N4O. The van der Waals surface area contributed by atoms with Crippen molar-refractivity contribution in [3.8, 4) is 0 Å². The first kappa shape index (κ1) is 15.8.